The van der Waals surface area contributed by atoms with Crippen LogP contribution in [0.1, 0.15) is 28.2 Å². The molecule has 0 N–H and O–H groups in total. The second kappa shape index (κ2) is 19.3. The number of hydrogen-bond donors (Lipinski definition) is 0. The Kier molecular flexibility index (Phi) is 26.1. The standard InChI is InChI=1S/C7H13Cl5Si2.C5H8.C2H5Cl5Si2.CH4/c1-6(2)7(3)13(8,9)4-5-14(10,11)12;1-4-5(2)3;3-8(4)1-2-9(5,6)7;/h7H,1,4-5H2,2-3H3;4H,1-2H2,3H3;8H,1-2H2;1H4. The van der Waals surface area contributed by atoms with Crippen LogP contribution >= 0.6 is 111 Å². The lowest BCUT2D eigenvalue weighted by Crippen LogP contribution is -2.28. The SMILES string of the molecule is C.C=C(C)C(C)[Si](Cl)(Cl)CC[Si](Cl)(Cl)Cl.C=CC(=C)C.Cl[SiH](Cl)CC[Si](Cl)(Cl)Cl. The molecule has 1 atom stereocenters. The first-order valence-corrected chi connectivity index (χ1v) is 27.1. The van der Waals surface area contributed by atoms with Gasteiger partial charge in [-0.05, 0) is 43.6 Å². The minimum Gasteiger partial charge on any atom is -0.150 e. The lowest BCUT2D eigenvalue weighted by molar-refractivity contribution is 1.05. The molecule has 0 saturated carbocycles. The van der Waals surface area contributed by atoms with Crippen molar-refractivity contribution in [3.63, 3.8) is 0 Å². The fraction of sp³-hybridized carbons (Fsp3) is 0.600. The van der Waals surface area contributed by atoms with Gasteiger partial charge in [-0.15, -0.1) is 95.2 Å². The number of allylic oxidation sites excluding steroid dienone is 3. The van der Waals surface area contributed by atoms with Gasteiger partial charge in [0.1, 0.15) is 0 Å². The Morgan fingerprint density at radius 1 is 0.862 bits per heavy atom. The Hall–Kier alpha value is 2.99. The lowest BCUT2D eigenvalue weighted by atomic mass is 10.3. The highest BCUT2D eigenvalue weighted by molar-refractivity contribution is 7.65. The summed E-state index contributed by atoms with van der Waals surface area (Å²) < 4.78 is 0. The van der Waals surface area contributed by atoms with E-state index in [4.69, 9.17) is 111 Å². The molecular formula is C15H30Cl10Si4. The van der Waals surface area contributed by atoms with E-state index in [9.17, 15) is 0 Å². The van der Waals surface area contributed by atoms with Crippen LogP contribution in [0.15, 0.2) is 37.0 Å². The molecule has 1 unspecified atom stereocenters. The summed E-state index contributed by atoms with van der Waals surface area (Å²) in [5, 5.41) is 0. The zero-order valence-corrected chi connectivity index (χ0v) is 27.7. The Morgan fingerprint density at radius 2 is 1.21 bits per heavy atom. The fourth-order valence-electron chi connectivity index (χ4n) is 1.16. The van der Waals surface area contributed by atoms with Gasteiger partial charge in [-0.25, -0.2) is 0 Å². The summed E-state index contributed by atoms with van der Waals surface area (Å²) >= 11 is 57.6. The van der Waals surface area contributed by atoms with E-state index in [1.165, 1.54) is 0 Å². The topological polar surface area (TPSA) is 0 Å². The first-order valence-electron chi connectivity index (χ1n) is 7.98. The van der Waals surface area contributed by atoms with E-state index in [2.05, 4.69) is 19.7 Å². The molecule has 0 nitrogen and oxygen atoms in total. The molecule has 0 aromatic carbocycles. The quantitative estimate of drug-likeness (QED) is 0.0987. The molecule has 0 aliphatic heterocycles. The van der Waals surface area contributed by atoms with Crippen molar-refractivity contribution >= 4 is 137 Å². The van der Waals surface area contributed by atoms with Crippen molar-refractivity contribution in [2.45, 2.75) is 57.9 Å². The molecule has 0 fully saturated rings. The van der Waals surface area contributed by atoms with Gasteiger partial charge in [0, 0.05) is 0 Å². The number of rotatable bonds is 9. The van der Waals surface area contributed by atoms with Gasteiger partial charge in [0.2, 0.25) is 7.42 Å². The lowest BCUT2D eigenvalue weighted by Gasteiger charge is -2.25. The van der Waals surface area contributed by atoms with Crippen LogP contribution in [0.25, 0.3) is 0 Å². The highest BCUT2D eigenvalue weighted by Crippen LogP contribution is 2.41. The number of hydrogen-bond acceptors (Lipinski definition) is 0. The molecular weight excluding hydrogens is 647 g/mol. The van der Waals surface area contributed by atoms with Crippen LogP contribution in [0.4, 0.5) is 0 Å². The van der Waals surface area contributed by atoms with Crippen molar-refractivity contribution in [3.8, 4) is 0 Å². The molecule has 0 spiro atoms. The first-order chi connectivity index (χ1) is 12.2. The van der Waals surface area contributed by atoms with Crippen LogP contribution < -0.4 is 0 Å². The smallest absolute Gasteiger partial charge is 0.150 e. The van der Waals surface area contributed by atoms with Crippen molar-refractivity contribution in [2.75, 3.05) is 0 Å². The summed E-state index contributed by atoms with van der Waals surface area (Å²) in [7, 11) is -1.54. The molecule has 0 rings (SSSR count). The predicted molar refractivity (Wildman–Crippen MR) is 158 cm³/mol. The third-order valence-corrected chi connectivity index (χ3v) is 17.1. The van der Waals surface area contributed by atoms with Crippen molar-refractivity contribution in [1.82, 2.24) is 0 Å². The average Bonchev–Trinajstić information content (AvgIpc) is 2.50. The van der Waals surface area contributed by atoms with Crippen LogP contribution in [0, 0.1) is 0 Å². The van der Waals surface area contributed by atoms with Gasteiger partial charge in [-0.1, -0.05) is 44.7 Å². The van der Waals surface area contributed by atoms with E-state index in [1.807, 2.05) is 20.8 Å². The van der Waals surface area contributed by atoms with Crippen LogP contribution in [-0.4, -0.2) is 26.1 Å². The third-order valence-electron chi connectivity index (χ3n) is 3.11. The summed E-state index contributed by atoms with van der Waals surface area (Å²) in [5.41, 5.74) is 2.14. The molecule has 0 aliphatic carbocycles. The molecule has 14 heteroatoms. The van der Waals surface area contributed by atoms with E-state index in [-0.39, 0.29) is 13.0 Å². The van der Waals surface area contributed by atoms with Gasteiger partial charge < -0.3 is 0 Å². The van der Waals surface area contributed by atoms with E-state index in [1.54, 1.807) is 6.08 Å². The zero-order valence-electron chi connectivity index (χ0n) is 16.0. The summed E-state index contributed by atoms with van der Waals surface area (Å²) in [6.07, 6.45) is 1.72. The second-order valence-corrected chi connectivity index (χ2v) is 37.3. The normalized spacial score (nSPS) is 12.5. The highest BCUT2D eigenvalue weighted by Gasteiger charge is 2.39. The van der Waals surface area contributed by atoms with E-state index < -0.39 is 26.1 Å². The molecule has 0 bridgehead atoms. The monoisotopic (exact) mass is 672 g/mol. The van der Waals surface area contributed by atoms with Gasteiger partial charge in [0.25, 0.3) is 6.69 Å². The Bertz CT molecular complexity index is 473. The maximum Gasteiger partial charge on any atom is 0.341 e. The second-order valence-electron chi connectivity index (χ2n) is 6.04. The molecule has 0 amide bonds. The molecule has 0 aromatic rings. The molecule has 0 heterocycles. The largest absolute Gasteiger partial charge is 0.341 e. The minimum atomic E-state index is -2.59. The predicted octanol–water partition coefficient (Wildman–Crippen LogP) is 11.3. The summed E-state index contributed by atoms with van der Waals surface area (Å²) in [6, 6.07) is -2.61. The fourth-order valence-corrected chi connectivity index (χ4v) is 17.2. The molecule has 0 aliphatic rings. The van der Waals surface area contributed by atoms with Crippen LogP contribution in [0.2, 0.25) is 29.7 Å². The van der Waals surface area contributed by atoms with Gasteiger partial charge in [0.05, 0.1) is 0 Å². The average molecular weight is 677 g/mol. The summed E-state index contributed by atoms with van der Waals surface area (Å²) in [5.74, 6) is 0. The number of halogens is 10. The molecule has 29 heavy (non-hydrogen) atoms. The van der Waals surface area contributed by atoms with Crippen molar-refractivity contribution in [2.24, 2.45) is 0 Å². The summed E-state index contributed by atoms with van der Waals surface area (Å²) in [4.78, 5) is 0. The molecule has 0 radical (unpaired) electrons. The maximum atomic E-state index is 6.28. The van der Waals surface area contributed by atoms with E-state index >= 15 is 0 Å². The van der Waals surface area contributed by atoms with E-state index in [0.717, 1.165) is 11.1 Å². The van der Waals surface area contributed by atoms with Gasteiger partial charge >= 0.3 is 12.0 Å². The summed E-state index contributed by atoms with van der Waals surface area (Å²) in [6.45, 7) is 14.3. The van der Waals surface area contributed by atoms with E-state index in [0.29, 0.717) is 24.2 Å². The van der Waals surface area contributed by atoms with Crippen molar-refractivity contribution in [3.05, 3.63) is 37.0 Å². The third kappa shape index (κ3) is 33.2. The molecule has 176 valence electrons. The first kappa shape index (κ1) is 39.2. The van der Waals surface area contributed by atoms with Crippen LogP contribution in [-0.2, 0) is 0 Å². The minimum absolute atomic E-state index is 0. The molecule has 0 aromatic heterocycles. The Morgan fingerprint density at radius 3 is 1.38 bits per heavy atom. The van der Waals surface area contributed by atoms with Gasteiger partial charge in [-0.2, -0.15) is 22.2 Å². The van der Waals surface area contributed by atoms with Gasteiger partial charge in [0.15, 0.2) is 0 Å². The van der Waals surface area contributed by atoms with Crippen molar-refractivity contribution < 1.29 is 0 Å². The Balaban J connectivity index is -0.000000179. The van der Waals surface area contributed by atoms with Crippen LogP contribution in [0.5, 0.6) is 0 Å². The van der Waals surface area contributed by atoms with Crippen LogP contribution in [0.3, 0.4) is 0 Å². The zero-order chi connectivity index (χ0) is 23.3. The van der Waals surface area contributed by atoms with Crippen molar-refractivity contribution in [1.29, 1.82) is 0 Å². The van der Waals surface area contributed by atoms with Gasteiger partial charge in [-0.3, -0.25) is 0 Å². The maximum absolute atomic E-state index is 6.28. The highest BCUT2D eigenvalue weighted by atomic mass is 35.8. The Labute approximate surface area is 229 Å². The molecule has 0 saturated heterocycles.